The van der Waals surface area contributed by atoms with Gasteiger partial charge in [-0.05, 0) is 120 Å². The molecule has 1 atom stereocenters. The van der Waals surface area contributed by atoms with Gasteiger partial charge in [-0.25, -0.2) is 0 Å². The first-order valence-corrected chi connectivity index (χ1v) is 24.6. The van der Waals surface area contributed by atoms with Crippen LogP contribution >= 0.6 is 19.4 Å². The van der Waals surface area contributed by atoms with Crippen molar-refractivity contribution >= 4 is 35.4 Å². The molecule has 8 rings (SSSR count). The zero-order valence-corrected chi connectivity index (χ0v) is 35.7. The van der Waals surface area contributed by atoms with E-state index in [4.69, 9.17) is 33.6 Å². The molecule has 4 bridgehead atoms. The first kappa shape index (κ1) is 39.7. The topological polar surface area (TPSA) is 34.2 Å². The van der Waals surface area contributed by atoms with Crippen molar-refractivity contribution in [3.63, 3.8) is 0 Å². The third-order valence-electron chi connectivity index (χ3n) is 11.3. The quantitative estimate of drug-likeness (QED) is 0.109. The summed E-state index contributed by atoms with van der Waals surface area (Å²) >= 11 is -1.77. The second kappa shape index (κ2) is 17.2. The molecule has 1 unspecified atom stereocenters. The standard InChI is InChI=1S/C34H47N2O2.C10H12O.2ClH.Ru/c1-22-9-24(3)32(25(4)10-22)35-19-31(36(21-35)33-26(5)11-23(2)12-27(33)6)20-37-7-8-38-34-16-28-13-29(17-34)15-30(14-28)18-34;1-8(2)11-10-7-5-4-6-9(10)3;;;/h9-12,21,28-31H,7-8,13-20H2,1-6H3;3-8H,1-2H3;2*1H;/q-1;;;;+2/p-2. The summed E-state index contributed by atoms with van der Waals surface area (Å²) in [5.74, 6) is 3.61. The Balaban J connectivity index is 0.000000280. The van der Waals surface area contributed by atoms with Crippen molar-refractivity contribution in [1.29, 1.82) is 0 Å². The number of anilines is 2. The number of benzene rings is 3. The molecule has 0 N–H and O–H groups in total. The fourth-order valence-electron chi connectivity index (χ4n) is 10.1. The fraction of sp³-hybridized carbons (Fsp3) is 0.545. The number of ether oxygens (including phenoxy) is 3. The number of hydrogen-bond acceptors (Lipinski definition) is 5. The number of hydrogen-bond donors (Lipinski definition) is 0. The smallest absolute Gasteiger partial charge is 0.0708 e. The van der Waals surface area contributed by atoms with Crippen molar-refractivity contribution in [1.82, 2.24) is 0 Å². The molecule has 0 amide bonds. The van der Waals surface area contributed by atoms with Gasteiger partial charge in [0.2, 0.25) is 0 Å². The Morgan fingerprint density at radius 3 is 1.88 bits per heavy atom. The minimum absolute atomic E-state index is 0.163. The van der Waals surface area contributed by atoms with Gasteiger partial charge in [0.05, 0.1) is 25.4 Å². The average Bonchev–Trinajstić information content (AvgIpc) is 3.42. The van der Waals surface area contributed by atoms with E-state index in [0.29, 0.717) is 13.2 Å². The van der Waals surface area contributed by atoms with Crippen molar-refractivity contribution in [3.8, 4) is 5.75 Å². The Bertz CT molecular complexity index is 1660. The van der Waals surface area contributed by atoms with E-state index in [1.54, 1.807) is 0 Å². The predicted octanol–water partition coefficient (Wildman–Crippen LogP) is 10.9. The van der Waals surface area contributed by atoms with Gasteiger partial charge in [0.1, 0.15) is 0 Å². The summed E-state index contributed by atoms with van der Waals surface area (Å²) in [6, 6.07) is 17.2. The number of para-hydroxylation sites is 1. The van der Waals surface area contributed by atoms with Gasteiger partial charge < -0.3 is 19.3 Å². The normalized spacial score (nSPS) is 25.0. The van der Waals surface area contributed by atoms with E-state index >= 15 is 0 Å². The number of halogens is 2. The summed E-state index contributed by atoms with van der Waals surface area (Å²) < 4.78 is 20.5. The summed E-state index contributed by atoms with van der Waals surface area (Å²) in [5, 5.41) is 0. The third kappa shape index (κ3) is 9.64. The van der Waals surface area contributed by atoms with Crippen LogP contribution in [0.2, 0.25) is 0 Å². The molecule has 0 radical (unpaired) electrons. The monoisotopic (exact) mass is 835 g/mol. The maximum absolute atomic E-state index is 6.65. The molecule has 1 aliphatic heterocycles. The zero-order valence-electron chi connectivity index (χ0n) is 32.5. The molecule has 8 heteroatoms. The predicted molar refractivity (Wildman–Crippen MR) is 216 cm³/mol. The van der Waals surface area contributed by atoms with Crippen molar-refractivity contribution in [2.75, 3.05) is 36.2 Å². The molecule has 5 fully saturated rings. The molecule has 286 valence electrons. The van der Waals surface area contributed by atoms with E-state index in [1.807, 2.05) is 42.7 Å². The Morgan fingerprint density at radius 2 is 1.35 bits per heavy atom. The van der Waals surface area contributed by atoms with Crippen LogP contribution in [-0.4, -0.2) is 48.7 Å². The van der Waals surface area contributed by atoms with Crippen molar-refractivity contribution in [3.05, 3.63) is 94.1 Å². The number of rotatable bonds is 11. The maximum Gasteiger partial charge on any atom is 0.0708 e. The molecule has 3 aromatic carbocycles. The van der Waals surface area contributed by atoms with Crippen LogP contribution in [0.1, 0.15) is 91.3 Å². The van der Waals surface area contributed by atoms with Crippen LogP contribution in [0.3, 0.4) is 0 Å². The van der Waals surface area contributed by atoms with Gasteiger partial charge >= 0.3 is 97.8 Å². The van der Waals surface area contributed by atoms with Gasteiger partial charge in [-0.3, -0.25) is 0 Å². The van der Waals surface area contributed by atoms with Crippen molar-refractivity contribution in [2.24, 2.45) is 17.8 Å². The first-order valence-electron chi connectivity index (χ1n) is 19.2. The minimum atomic E-state index is -1.77. The molecule has 4 saturated carbocycles. The van der Waals surface area contributed by atoms with Gasteiger partial charge in [0, 0.05) is 24.0 Å². The molecule has 5 aliphatic rings. The van der Waals surface area contributed by atoms with Crippen molar-refractivity contribution < 1.29 is 27.7 Å². The van der Waals surface area contributed by atoms with Crippen LogP contribution in [-0.2, 0) is 23.0 Å². The molecular formula is C44H59Cl2N2O3Ru-. The molecule has 0 spiro atoms. The van der Waals surface area contributed by atoms with Crippen molar-refractivity contribution in [2.45, 2.75) is 112 Å². The second-order valence-electron chi connectivity index (χ2n) is 16.4. The van der Waals surface area contributed by atoms with E-state index in [1.165, 1.54) is 83.3 Å². The summed E-state index contributed by atoms with van der Waals surface area (Å²) in [6.45, 7) is 22.7. The van der Waals surface area contributed by atoms with Crippen LogP contribution < -0.4 is 14.5 Å². The van der Waals surface area contributed by atoms with Crippen LogP contribution in [0.15, 0.2) is 48.5 Å². The van der Waals surface area contributed by atoms with Gasteiger partial charge in [-0.2, -0.15) is 6.67 Å². The van der Waals surface area contributed by atoms with E-state index < -0.39 is 13.5 Å². The second-order valence-corrected chi connectivity index (χ2v) is 22.1. The van der Waals surface area contributed by atoms with Gasteiger partial charge in [-0.15, -0.1) is 0 Å². The van der Waals surface area contributed by atoms with Crippen LogP contribution in [0.25, 0.3) is 0 Å². The number of nitrogens with zero attached hydrogens (tertiary/aromatic N) is 2. The first-order chi connectivity index (χ1) is 24.8. The molecule has 1 heterocycles. The largest absolute Gasteiger partial charge is 0.501 e. The van der Waals surface area contributed by atoms with E-state index in [-0.39, 0.29) is 17.7 Å². The van der Waals surface area contributed by atoms with E-state index in [9.17, 15) is 0 Å². The van der Waals surface area contributed by atoms with Crippen LogP contribution in [0, 0.1) is 66.0 Å². The molecular weight excluding hydrogens is 776 g/mol. The number of aryl methyl sites for hydroxylation is 6. The van der Waals surface area contributed by atoms with Crippen LogP contribution in [0.5, 0.6) is 5.75 Å². The molecule has 1 saturated heterocycles. The third-order valence-corrected chi connectivity index (χ3v) is 13.1. The molecule has 4 aliphatic carbocycles. The Labute approximate surface area is 326 Å². The van der Waals surface area contributed by atoms with Gasteiger partial charge in [0.15, 0.2) is 0 Å². The minimum Gasteiger partial charge on any atom is -0.501 e. The summed E-state index contributed by atoms with van der Waals surface area (Å²) in [5.41, 5.74) is 11.8. The molecule has 5 nitrogen and oxygen atoms in total. The van der Waals surface area contributed by atoms with Gasteiger partial charge in [-0.1, -0.05) is 35.4 Å². The summed E-state index contributed by atoms with van der Waals surface area (Å²) in [6.07, 6.45) is 8.42. The Kier molecular flexibility index (Phi) is 13.2. The molecule has 0 aromatic heterocycles. The SMILES string of the molecule is CC(C)Oc1ccccc1[CH]=[Ru]([Cl])[Cl].Cc1cc(C)c(N2[CH-]N(c3c(C)cc(C)cc3C)C(COCCOC34CC5CC(CC(C5)C3)C4)C2)c(C)c1. The summed E-state index contributed by atoms with van der Waals surface area (Å²) in [7, 11) is 11.6. The fourth-order valence-corrected chi connectivity index (χ4v) is 11.9. The van der Waals surface area contributed by atoms with E-state index in [2.05, 4.69) is 82.3 Å². The van der Waals surface area contributed by atoms with Gasteiger partial charge in [0.25, 0.3) is 0 Å². The summed E-state index contributed by atoms with van der Waals surface area (Å²) in [4.78, 5) is 4.92. The van der Waals surface area contributed by atoms with E-state index in [0.717, 1.165) is 42.2 Å². The zero-order chi connectivity index (χ0) is 37.2. The molecule has 3 aromatic rings. The molecule has 52 heavy (non-hydrogen) atoms. The Hall–Kier alpha value is -1.95. The van der Waals surface area contributed by atoms with Crippen LogP contribution in [0.4, 0.5) is 11.4 Å². The maximum atomic E-state index is 6.65. The Morgan fingerprint density at radius 1 is 0.808 bits per heavy atom. The average molecular weight is 836 g/mol.